The molecule has 0 unspecified atom stereocenters. The van der Waals surface area contributed by atoms with Gasteiger partial charge in [-0.25, -0.2) is 0 Å². The Morgan fingerprint density at radius 1 is 1.11 bits per heavy atom. The number of amides is 1. The number of ether oxygens (including phenoxy) is 1. The maximum Gasteiger partial charge on any atom is 0.237 e. The maximum absolute atomic E-state index is 12.5. The normalized spacial score (nSPS) is 12.0. The predicted molar refractivity (Wildman–Crippen MR) is 112 cm³/mol. The van der Waals surface area contributed by atoms with Gasteiger partial charge in [0.05, 0.1) is 5.25 Å². The molecular weight excluding hydrogens is 372 g/mol. The van der Waals surface area contributed by atoms with Crippen molar-refractivity contribution >= 4 is 23.4 Å². The van der Waals surface area contributed by atoms with Gasteiger partial charge in [-0.2, -0.15) is 0 Å². The Hall–Kier alpha value is -2.80. The smallest absolute Gasteiger partial charge is 0.237 e. The molecule has 0 aliphatic carbocycles. The highest BCUT2D eigenvalue weighted by Crippen LogP contribution is 2.25. The summed E-state index contributed by atoms with van der Waals surface area (Å²) in [5, 5.41) is 11.4. The zero-order valence-electron chi connectivity index (χ0n) is 16.2. The van der Waals surface area contributed by atoms with Crippen LogP contribution in [-0.4, -0.2) is 25.9 Å². The van der Waals surface area contributed by atoms with Crippen LogP contribution in [0.4, 0.5) is 5.69 Å². The van der Waals surface area contributed by atoms with E-state index in [2.05, 4.69) is 29.4 Å². The summed E-state index contributed by atoms with van der Waals surface area (Å²) in [6.45, 7) is 6.48. The van der Waals surface area contributed by atoms with Gasteiger partial charge in [-0.1, -0.05) is 42.1 Å². The molecule has 1 amide bonds. The van der Waals surface area contributed by atoms with Crippen LogP contribution >= 0.6 is 11.8 Å². The molecule has 0 radical (unpaired) electrons. The summed E-state index contributed by atoms with van der Waals surface area (Å²) in [6.07, 6.45) is 1.69. The molecule has 3 aromatic rings. The summed E-state index contributed by atoms with van der Waals surface area (Å²) in [6, 6.07) is 17.6. The van der Waals surface area contributed by atoms with Gasteiger partial charge in [0.1, 0.15) is 18.7 Å². The number of hydrogen-bond acceptors (Lipinski definition) is 5. The standard InChI is InChI=1S/C21H24N4O2S/c1-15(2)25-14-22-24-21(25)28-16(3)20(26)23-18-9-11-19(12-10-18)27-13-17-7-5-4-6-8-17/h4-12,14-16H,13H2,1-3H3,(H,23,26)/t16-/m1/s1. The molecule has 3 rings (SSSR count). The Labute approximate surface area is 169 Å². The van der Waals surface area contributed by atoms with E-state index in [9.17, 15) is 4.79 Å². The van der Waals surface area contributed by atoms with Crippen molar-refractivity contribution in [1.82, 2.24) is 14.8 Å². The Morgan fingerprint density at radius 3 is 2.50 bits per heavy atom. The van der Waals surface area contributed by atoms with Crippen LogP contribution in [0.25, 0.3) is 0 Å². The molecule has 1 heterocycles. The SMILES string of the molecule is CC(C)n1cnnc1S[C@H](C)C(=O)Nc1ccc(OCc2ccccc2)cc1. The van der Waals surface area contributed by atoms with Crippen LogP contribution in [0.5, 0.6) is 5.75 Å². The van der Waals surface area contributed by atoms with Gasteiger partial charge in [0, 0.05) is 11.7 Å². The highest BCUT2D eigenvalue weighted by atomic mass is 32.2. The Morgan fingerprint density at radius 2 is 1.82 bits per heavy atom. The third-order valence-electron chi connectivity index (χ3n) is 4.12. The van der Waals surface area contributed by atoms with Crippen LogP contribution in [0.1, 0.15) is 32.4 Å². The number of anilines is 1. The van der Waals surface area contributed by atoms with Crippen LogP contribution in [0.15, 0.2) is 66.1 Å². The fourth-order valence-electron chi connectivity index (χ4n) is 2.50. The molecule has 0 saturated carbocycles. The van der Waals surface area contributed by atoms with E-state index in [1.807, 2.05) is 66.1 Å². The second kappa shape index (κ2) is 9.41. The van der Waals surface area contributed by atoms with E-state index < -0.39 is 0 Å². The molecule has 0 spiro atoms. The van der Waals surface area contributed by atoms with Gasteiger partial charge in [0.2, 0.25) is 5.91 Å². The lowest BCUT2D eigenvalue weighted by Gasteiger charge is -2.14. The second-order valence-electron chi connectivity index (χ2n) is 6.66. The fraction of sp³-hybridized carbons (Fsp3) is 0.286. The van der Waals surface area contributed by atoms with E-state index >= 15 is 0 Å². The first-order valence-corrected chi connectivity index (χ1v) is 10.0. The van der Waals surface area contributed by atoms with Gasteiger partial charge in [0.25, 0.3) is 0 Å². The molecule has 2 aromatic carbocycles. The molecule has 1 atom stereocenters. The number of hydrogen-bond donors (Lipinski definition) is 1. The molecule has 0 saturated heterocycles. The maximum atomic E-state index is 12.5. The summed E-state index contributed by atoms with van der Waals surface area (Å²) in [5.74, 6) is 0.676. The van der Waals surface area contributed by atoms with Gasteiger partial charge in [0.15, 0.2) is 5.16 Å². The van der Waals surface area contributed by atoms with Crippen molar-refractivity contribution in [3.05, 3.63) is 66.5 Å². The summed E-state index contributed by atoms with van der Waals surface area (Å²) < 4.78 is 7.72. The number of aromatic nitrogens is 3. The van der Waals surface area contributed by atoms with Crippen LogP contribution < -0.4 is 10.1 Å². The van der Waals surface area contributed by atoms with Crippen molar-refractivity contribution in [2.75, 3.05) is 5.32 Å². The lowest BCUT2D eigenvalue weighted by atomic mass is 10.2. The number of rotatable bonds is 8. The quantitative estimate of drug-likeness (QED) is 0.566. The number of nitrogens with zero attached hydrogens (tertiary/aromatic N) is 3. The third-order valence-corrected chi connectivity index (χ3v) is 5.19. The Balaban J connectivity index is 1.53. The van der Waals surface area contributed by atoms with Crippen LogP contribution in [0, 0.1) is 0 Å². The Kier molecular flexibility index (Phi) is 6.71. The molecule has 1 aromatic heterocycles. The minimum atomic E-state index is -0.296. The molecular formula is C21H24N4O2S. The number of carbonyl (C=O) groups excluding carboxylic acids is 1. The molecule has 0 aliphatic rings. The minimum Gasteiger partial charge on any atom is -0.489 e. The third kappa shape index (κ3) is 5.36. The zero-order chi connectivity index (χ0) is 19.9. The van der Waals surface area contributed by atoms with E-state index in [4.69, 9.17) is 4.74 Å². The average molecular weight is 397 g/mol. The van der Waals surface area contributed by atoms with Crippen molar-refractivity contribution in [3.8, 4) is 5.75 Å². The summed E-state index contributed by atoms with van der Waals surface area (Å²) in [4.78, 5) is 12.5. The largest absolute Gasteiger partial charge is 0.489 e. The van der Waals surface area contributed by atoms with Gasteiger partial charge in [-0.05, 0) is 50.6 Å². The fourth-order valence-corrected chi connectivity index (χ4v) is 3.46. The number of nitrogens with one attached hydrogen (secondary N) is 1. The highest BCUT2D eigenvalue weighted by molar-refractivity contribution is 8.00. The van der Waals surface area contributed by atoms with Crippen LogP contribution in [-0.2, 0) is 11.4 Å². The first-order valence-electron chi connectivity index (χ1n) is 9.16. The number of benzene rings is 2. The minimum absolute atomic E-state index is 0.0822. The van der Waals surface area contributed by atoms with E-state index in [1.165, 1.54) is 11.8 Å². The summed E-state index contributed by atoms with van der Waals surface area (Å²) in [7, 11) is 0. The number of carbonyl (C=O) groups is 1. The van der Waals surface area contributed by atoms with Gasteiger partial charge < -0.3 is 14.6 Å². The average Bonchev–Trinajstić information content (AvgIpc) is 3.16. The van der Waals surface area contributed by atoms with Gasteiger partial charge in [-0.15, -0.1) is 10.2 Å². The van der Waals surface area contributed by atoms with Crippen molar-refractivity contribution in [3.63, 3.8) is 0 Å². The predicted octanol–water partition coefficient (Wildman–Crippen LogP) is 4.56. The van der Waals surface area contributed by atoms with Crippen molar-refractivity contribution in [2.24, 2.45) is 0 Å². The first-order chi connectivity index (χ1) is 13.5. The molecule has 0 bridgehead atoms. The molecule has 28 heavy (non-hydrogen) atoms. The topological polar surface area (TPSA) is 69.0 Å². The lowest BCUT2D eigenvalue weighted by molar-refractivity contribution is -0.115. The lowest BCUT2D eigenvalue weighted by Crippen LogP contribution is -2.23. The van der Waals surface area contributed by atoms with E-state index in [0.29, 0.717) is 6.61 Å². The van der Waals surface area contributed by atoms with Gasteiger partial charge >= 0.3 is 0 Å². The van der Waals surface area contributed by atoms with Crippen LogP contribution in [0.2, 0.25) is 0 Å². The van der Waals surface area contributed by atoms with Crippen LogP contribution in [0.3, 0.4) is 0 Å². The van der Waals surface area contributed by atoms with Crippen molar-refractivity contribution < 1.29 is 9.53 Å². The molecule has 0 fully saturated rings. The highest BCUT2D eigenvalue weighted by Gasteiger charge is 2.18. The summed E-state index contributed by atoms with van der Waals surface area (Å²) >= 11 is 1.39. The van der Waals surface area contributed by atoms with Crippen molar-refractivity contribution in [1.29, 1.82) is 0 Å². The second-order valence-corrected chi connectivity index (χ2v) is 7.97. The molecule has 0 aliphatic heterocycles. The van der Waals surface area contributed by atoms with Crippen molar-refractivity contribution in [2.45, 2.75) is 43.8 Å². The molecule has 7 heteroatoms. The van der Waals surface area contributed by atoms with E-state index in [0.717, 1.165) is 22.2 Å². The molecule has 146 valence electrons. The number of thioether (sulfide) groups is 1. The van der Waals surface area contributed by atoms with Gasteiger partial charge in [-0.3, -0.25) is 4.79 Å². The van der Waals surface area contributed by atoms with E-state index in [1.54, 1.807) is 6.33 Å². The monoisotopic (exact) mass is 396 g/mol. The first kappa shape index (κ1) is 19.9. The Bertz CT molecular complexity index is 894. The molecule has 6 nitrogen and oxygen atoms in total. The zero-order valence-corrected chi connectivity index (χ0v) is 17.0. The van der Waals surface area contributed by atoms with E-state index in [-0.39, 0.29) is 17.2 Å². The summed E-state index contributed by atoms with van der Waals surface area (Å²) in [5.41, 5.74) is 1.84. The molecule has 1 N–H and O–H groups in total.